The van der Waals surface area contributed by atoms with E-state index in [0.717, 1.165) is 104 Å². The molecule has 0 aliphatic carbocycles. The Kier molecular flexibility index (Phi) is 41.7. The van der Waals surface area contributed by atoms with Crippen molar-refractivity contribution >= 4 is 46.5 Å². The van der Waals surface area contributed by atoms with E-state index in [1.54, 1.807) is 18.2 Å². The van der Waals surface area contributed by atoms with Crippen molar-refractivity contribution in [1.82, 2.24) is 38.6 Å². The number of rotatable bonds is 5. The summed E-state index contributed by atoms with van der Waals surface area (Å²) >= 11 is 0. The van der Waals surface area contributed by atoms with Gasteiger partial charge in [-0.05, 0) is 125 Å². The van der Waals surface area contributed by atoms with Gasteiger partial charge in [-0.2, -0.15) is 0 Å². The summed E-state index contributed by atoms with van der Waals surface area (Å²) in [6.45, 7) is 80.7. The number of amides is 6. The lowest BCUT2D eigenvalue weighted by Gasteiger charge is -2.43. The van der Waals surface area contributed by atoms with E-state index in [0.29, 0.717) is 110 Å². The van der Waals surface area contributed by atoms with Gasteiger partial charge >= 0.3 is 0 Å². The van der Waals surface area contributed by atoms with Gasteiger partial charge in [0.1, 0.15) is 0 Å². The predicted octanol–water partition coefficient (Wildman–Crippen LogP) is 14.3. The van der Waals surface area contributed by atoms with Crippen LogP contribution in [0.2, 0.25) is 0 Å². The zero-order chi connectivity index (χ0) is 81.2. The number of hydrogen-bond donors (Lipinski definition) is 0. The number of piperidine rings is 4. The van der Waals surface area contributed by atoms with Gasteiger partial charge in [0.25, 0.3) is 0 Å². The Labute approximate surface area is 644 Å². The number of sulfonamides is 1. The average molecular weight is 1510 g/mol. The molecule has 0 N–H and O–H groups in total. The highest BCUT2D eigenvalue weighted by Crippen LogP contribution is 2.38. The molecule has 21 heteroatoms. The zero-order valence-corrected chi connectivity index (χ0v) is 74.4. The summed E-state index contributed by atoms with van der Waals surface area (Å²) < 4.78 is 46.0. The summed E-state index contributed by atoms with van der Waals surface area (Å²) in [6.07, 6.45) is 12.9. The minimum absolute atomic E-state index is 0.0768. The second kappa shape index (κ2) is 43.9. The fraction of sp³-hybridized carbons (Fsp3) is 0.929. The summed E-state index contributed by atoms with van der Waals surface area (Å²) in [7, 11) is -0.807. The lowest BCUT2D eigenvalue weighted by atomic mass is 9.76. The molecular formula is C84H164N8O12S. The number of nitrogens with zero attached hydrogens (tertiary/aromatic N) is 8. The molecule has 105 heavy (non-hydrogen) atoms. The molecule has 8 saturated heterocycles. The third-order valence-corrected chi connectivity index (χ3v) is 23.8. The molecular weight excluding hydrogens is 1350 g/mol. The van der Waals surface area contributed by atoms with Gasteiger partial charge in [0, 0.05) is 111 Å². The van der Waals surface area contributed by atoms with Crippen molar-refractivity contribution in [2.75, 3.05) is 145 Å². The maximum atomic E-state index is 12.0. The lowest BCUT2D eigenvalue weighted by molar-refractivity contribution is -0.148. The summed E-state index contributed by atoms with van der Waals surface area (Å²) in [5, 5.41) is 0. The van der Waals surface area contributed by atoms with Crippen LogP contribution in [0.1, 0.15) is 259 Å². The van der Waals surface area contributed by atoms with Crippen LogP contribution in [0.4, 0.5) is 0 Å². The molecule has 8 aliphatic heterocycles. The fourth-order valence-corrected chi connectivity index (χ4v) is 15.4. The molecule has 0 spiro atoms. The molecule has 618 valence electrons. The van der Waals surface area contributed by atoms with Crippen LogP contribution in [0.25, 0.3) is 0 Å². The molecule has 20 nitrogen and oxygen atoms in total. The normalized spacial score (nSPS) is 24.6. The molecule has 0 saturated carbocycles. The van der Waals surface area contributed by atoms with Gasteiger partial charge in [-0.1, -0.05) is 194 Å². The van der Waals surface area contributed by atoms with E-state index in [1.807, 2.05) is 52.2 Å². The minimum atomic E-state index is -2.96. The molecule has 0 aromatic carbocycles. The van der Waals surface area contributed by atoms with Gasteiger partial charge in [0.15, 0.2) is 0 Å². The predicted molar refractivity (Wildman–Crippen MR) is 432 cm³/mol. The van der Waals surface area contributed by atoms with Crippen LogP contribution < -0.4 is 0 Å². The first-order chi connectivity index (χ1) is 47.8. The summed E-state index contributed by atoms with van der Waals surface area (Å²) in [4.78, 5) is 81.7. The van der Waals surface area contributed by atoms with Crippen molar-refractivity contribution in [3.05, 3.63) is 0 Å². The number of carbonyl (C=O) groups is 6. The van der Waals surface area contributed by atoms with Gasteiger partial charge < -0.3 is 53.2 Å². The SMILES string of the molecule is CC(=O)N1CCCC(C(C)(C)C)C1.CC(=O)N1CCOCC1C(C)(C)C.CC(C)(C)C1CCCN(C=O)C1.CC(C)(C)C1CCN(S(C)(=O)=O)CC1.CC(C)(C)C1COCCN1C=O.CC(C)C(=O)N1CCCC(C(C)(C)C)C1.CC(C)C(=O)N1CCOCC1C(C)(C)C.CN1CCOC(C(C)(C)C)C1. The Morgan fingerprint density at radius 2 is 0.790 bits per heavy atom. The van der Waals surface area contributed by atoms with Crippen molar-refractivity contribution in [2.24, 2.45) is 78.8 Å². The van der Waals surface area contributed by atoms with E-state index < -0.39 is 10.0 Å². The van der Waals surface area contributed by atoms with Crippen LogP contribution in [-0.2, 0) is 57.7 Å². The van der Waals surface area contributed by atoms with Crippen LogP contribution in [0.5, 0.6) is 0 Å². The van der Waals surface area contributed by atoms with Crippen molar-refractivity contribution in [3.8, 4) is 0 Å². The Morgan fingerprint density at radius 3 is 1.13 bits per heavy atom. The van der Waals surface area contributed by atoms with Crippen LogP contribution in [0.3, 0.4) is 0 Å². The molecule has 8 rings (SSSR count). The van der Waals surface area contributed by atoms with E-state index in [4.69, 9.17) is 18.9 Å². The van der Waals surface area contributed by atoms with E-state index >= 15 is 0 Å². The Bertz CT molecular complexity index is 2650. The maximum Gasteiger partial charge on any atom is 0.225 e. The maximum absolute atomic E-state index is 12.0. The fourth-order valence-electron chi connectivity index (χ4n) is 14.5. The highest BCUT2D eigenvalue weighted by molar-refractivity contribution is 7.88. The number of hydrogen-bond acceptors (Lipinski definition) is 13. The van der Waals surface area contributed by atoms with Crippen molar-refractivity contribution in [2.45, 2.75) is 283 Å². The van der Waals surface area contributed by atoms with Crippen LogP contribution in [0.15, 0.2) is 0 Å². The van der Waals surface area contributed by atoms with E-state index in [1.165, 1.54) is 44.8 Å². The third-order valence-electron chi connectivity index (χ3n) is 22.5. The molecule has 0 aromatic rings. The first kappa shape index (κ1) is 99.5. The number of likely N-dealkylation sites (N-methyl/N-ethyl adjacent to an activating group) is 1. The van der Waals surface area contributed by atoms with Crippen LogP contribution in [0, 0.1) is 78.8 Å². The molecule has 8 aliphatic rings. The molecule has 7 unspecified atom stereocenters. The number of ether oxygens (including phenoxy) is 4. The Balaban J connectivity index is 0.000000601. The van der Waals surface area contributed by atoms with Crippen LogP contribution >= 0.6 is 0 Å². The average Bonchev–Trinajstić information content (AvgIpc) is 0.826. The van der Waals surface area contributed by atoms with Gasteiger partial charge in [-0.3, -0.25) is 28.8 Å². The molecule has 0 aromatic heterocycles. The lowest BCUT2D eigenvalue weighted by Crippen LogP contribution is -2.55. The summed E-state index contributed by atoms with van der Waals surface area (Å²) in [6, 6.07) is 0.656. The summed E-state index contributed by atoms with van der Waals surface area (Å²) in [5.74, 6) is 3.84. The molecule has 8 heterocycles. The Hall–Kier alpha value is -3.47. The topological polar surface area (TPSA) is 199 Å². The van der Waals surface area contributed by atoms with Crippen LogP contribution in [-0.4, -0.2) is 252 Å². The largest absolute Gasteiger partial charge is 0.377 e. The third kappa shape index (κ3) is 37.4. The highest BCUT2D eigenvalue weighted by atomic mass is 32.2. The van der Waals surface area contributed by atoms with Gasteiger partial charge in [0.2, 0.25) is 46.5 Å². The number of morpholine rings is 4. The number of likely N-dealkylation sites (tertiary alicyclic amines) is 3. The molecule has 0 radical (unpaired) electrons. The molecule has 7 atom stereocenters. The smallest absolute Gasteiger partial charge is 0.225 e. The second-order valence-electron chi connectivity index (χ2n) is 40.5. The Morgan fingerprint density at radius 1 is 0.400 bits per heavy atom. The van der Waals surface area contributed by atoms with Gasteiger partial charge in [0.05, 0.1) is 76.7 Å². The van der Waals surface area contributed by atoms with Crippen molar-refractivity contribution < 1.29 is 56.1 Å². The van der Waals surface area contributed by atoms with Gasteiger partial charge in [-0.15, -0.1) is 0 Å². The first-order valence-electron chi connectivity index (χ1n) is 40.3. The van der Waals surface area contributed by atoms with Crippen molar-refractivity contribution in [3.63, 3.8) is 0 Å². The van der Waals surface area contributed by atoms with E-state index in [9.17, 15) is 37.2 Å². The standard InChI is InChI=1S/C13H25NO.C12H23NO2.C11H21NO.C10H21NO2S.C10H19NO2.C10H19NO.C9H17NO2.C9H19NO/c1-10(2)12(15)14-8-6-7-11(9-14)13(3,4)5;1-9(2)11(14)13-6-7-15-8-10(13)12(3,4)5;1-9(13)12-7-5-6-10(8-12)11(2,3)4;1-10(2,3)9-5-7-11(8-6-9)14(4,12)13;1-8(12)11-5-6-13-7-9(11)10(2,3)4;1-10(2,3)9-5-4-6-11(7-9)8-12;1-9(2,3)8-6-12-5-4-10(8)7-11;1-9(2,3)8-7-10(4)5-6-11-8/h10-11H,6-9H2,1-5H3;9-10H,6-8H2,1-5H3;10H,5-8H2,1-4H3;9H,5-8H2,1-4H3;9H,5-7H2,1-4H3;8-9H,4-7H2,1-3H3;7-8H,4-6H2,1-3H3;8H,5-7H2,1-4H3. The zero-order valence-electron chi connectivity index (χ0n) is 73.6. The molecule has 6 amide bonds. The quantitative estimate of drug-likeness (QED) is 0.236. The first-order valence-corrected chi connectivity index (χ1v) is 42.2. The van der Waals surface area contributed by atoms with Gasteiger partial charge in [-0.25, -0.2) is 12.7 Å². The highest BCUT2D eigenvalue weighted by Gasteiger charge is 2.40. The molecule has 8 fully saturated rings. The van der Waals surface area contributed by atoms with Crippen molar-refractivity contribution in [1.29, 1.82) is 0 Å². The van der Waals surface area contributed by atoms with E-state index in [2.05, 4.69) is 183 Å². The summed E-state index contributed by atoms with van der Waals surface area (Å²) in [5.41, 5.74) is 1.92. The minimum Gasteiger partial charge on any atom is -0.377 e. The van der Waals surface area contributed by atoms with E-state index in [-0.39, 0.29) is 69.3 Å². The second-order valence-corrected chi connectivity index (χ2v) is 42.5. The number of carbonyl (C=O) groups excluding carboxylic acids is 6. The monoisotopic (exact) mass is 1510 g/mol. The molecule has 0 bridgehead atoms.